The lowest BCUT2D eigenvalue weighted by atomic mass is 10.3. The Labute approximate surface area is 81.6 Å². The average Bonchev–Trinajstić information content (AvgIpc) is 2.46. The van der Waals surface area contributed by atoms with Crippen LogP contribution in [-0.4, -0.2) is 19.7 Å². The molecule has 2 rings (SSSR count). The molecule has 0 aliphatic rings. The lowest BCUT2D eigenvalue weighted by Crippen LogP contribution is -2.03. The van der Waals surface area contributed by atoms with Gasteiger partial charge in [0.25, 0.3) is 0 Å². The number of nitrogens with two attached hydrogens (primary N) is 1. The number of anilines is 1. The molecule has 0 spiro atoms. The van der Waals surface area contributed by atoms with E-state index in [1.54, 1.807) is 17.1 Å². The van der Waals surface area contributed by atoms with Crippen LogP contribution in [0.2, 0.25) is 0 Å². The van der Waals surface area contributed by atoms with E-state index in [0.717, 1.165) is 17.3 Å². The first kappa shape index (κ1) is 8.68. The zero-order valence-electron chi connectivity index (χ0n) is 8.10. The van der Waals surface area contributed by atoms with Crippen LogP contribution in [0.1, 0.15) is 11.6 Å². The predicted octanol–water partition coefficient (Wildman–Crippen LogP) is 0.861. The molecule has 0 radical (unpaired) electrons. The SMILES string of the molecule is Cc1nc(C)n(-c2ccncc2N)n1. The maximum Gasteiger partial charge on any atom is 0.148 e. The third kappa shape index (κ3) is 1.32. The first-order valence-electron chi connectivity index (χ1n) is 4.28. The van der Waals surface area contributed by atoms with E-state index >= 15 is 0 Å². The molecule has 2 aromatic rings. The molecule has 0 saturated carbocycles. The molecular weight excluding hydrogens is 178 g/mol. The Bertz CT molecular complexity index is 460. The molecule has 0 atom stereocenters. The molecule has 0 fully saturated rings. The van der Waals surface area contributed by atoms with Gasteiger partial charge in [-0.2, -0.15) is 5.10 Å². The minimum Gasteiger partial charge on any atom is -0.396 e. The Morgan fingerprint density at radius 2 is 2.14 bits per heavy atom. The number of pyridine rings is 1. The molecule has 0 unspecified atom stereocenters. The fourth-order valence-corrected chi connectivity index (χ4v) is 1.34. The third-order valence-electron chi connectivity index (χ3n) is 1.93. The molecule has 0 bridgehead atoms. The highest BCUT2D eigenvalue weighted by atomic mass is 15.3. The Kier molecular flexibility index (Phi) is 1.92. The number of hydrogen-bond donors (Lipinski definition) is 1. The molecular formula is C9H11N5. The van der Waals surface area contributed by atoms with Gasteiger partial charge in [0.2, 0.25) is 0 Å². The van der Waals surface area contributed by atoms with Crippen molar-refractivity contribution in [2.45, 2.75) is 13.8 Å². The molecule has 5 heteroatoms. The summed E-state index contributed by atoms with van der Waals surface area (Å²) in [5.41, 5.74) is 7.19. The summed E-state index contributed by atoms with van der Waals surface area (Å²) in [5.74, 6) is 1.55. The largest absolute Gasteiger partial charge is 0.396 e. The molecule has 2 aromatic heterocycles. The van der Waals surface area contributed by atoms with Gasteiger partial charge in [-0.3, -0.25) is 4.98 Å². The topological polar surface area (TPSA) is 69.6 Å². The van der Waals surface area contributed by atoms with E-state index in [4.69, 9.17) is 5.73 Å². The summed E-state index contributed by atoms with van der Waals surface area (Å²) in [5, 5.41) is 4.24. The van der Waals surface area contributed by atoms with Crippen molar-refractivity contribution in [1.29, 1.82) is 0 Å². The van der Waals surface area contributed by atoms with Crippen molar-refractivity contribution in [2.24, 2.45) is 0 Å². The fraction of sp³-hybridized carbons (Fsp3) is 0.222. The Morgan fingerprint density at radius 1 is 1.36 bits per heavy atom. The van der Waals surface area contributed by atoms with Crippen molar-refractivity contribution >= 4 is 5.69 Å². The lowest BCUT2D eigenvalue weighted by Gasteiger charge is -2.04. The van der Waals surface area contributed by atoms with Gasteiger partial charge in [0.05, 0.1) is 17.6 Å². The summed E-state index contributed by atoms with van der Waals surface area (Å²) in [6.45, 7) is 3.74. The predicted molar refractivity (Wildman–Crippen MR) is 53.0 cm³/mol. The zero-order valence-corrected chi connectivity index (χ0v) is 8.10. The molecule has 0 aliphatic heterocycles. The maximum atomic E-state index is 5.78. The highest BCUT2D eigenvalue weighted by Crippen LogP contribution is 2.15. The van der Waals surface area contributed by atoms with Crippen LogP contribution < -0.4 is 5.73 Å². The zero-order chi connectivity index (χ0) is 10.1. The van der Waals surface area contributed by atoms with Gasteiger partial charge in [0, 0.05) is 6.20 Å². The minimum absolute atomic E-state index is 0.598. The standard InChI is InChI=1S/C9H11N5/c1-6-12-7(2)14(13-6)9-3-4-11-5-8(9)10/h3-5H,10H2,1-2H3. The molecule has 2 N–H and O–H groups in total. The summed E-state index contributed by atoms with van der Waals surface area (Å²) in [7, 11) is 0. The number of hydrogen-bond acceptors (Lipinski definition) is 4. The smallest absolute Gasteiger partial charge is 0.148 e. The number of nitrogens with zero attached hydrogens (tertiary/aromatic N) is 4. The van der Waals surface area contributed by atoms with Crippen LogP contribution in [0.4, 0.5) is 5.69 Å². The van der Waals surface area contributed by atoms with Gasteiger partial charge in [-0.05, 0) is 19.9 Å². The molecule has 0 aliphatic carbocycles. The van der Waals surface area contributed by atoms with E-state index in [9.17, 15) is 0 Å². The molecule has 14 heavy (non-hydrogen) atoms. The molecule has 5 nitrogen and oxygen atoms in total. The highest BCUT2D eigenvalue weighted by Gasteiger charge is 2.07. The fourth-order valence-electron chi connectivity index (χ4n) is 1.34. The van der Waals surface area contributed by atoms with Gasteiger partial charge in [-0.15, -0.1) is 0 Å². The molecule has 0 amide bonds. The van der Waals surface area contributed by atoms with Crippen molar-refractivity contribution in [3.05, 3.63) is 30.1 Å². The quantitative estimate of drug-likeness (QED) is 0.722. The normalized spacial score (nSPS) is 10.4. The van der Waals surface area contributed by atoms with E-state index in [1.165, 1.54) is 0 Å². The van der Waals surface area contributed by atoms with E-state index in [1.807, 2.05) is 19.9 Å². The molecule has 72 valence electrons. The van der Waals surface area contributed by atoms with E-state index in [2.05, 4.69) is 15.1 Å². The summed E-state index contributed by atoms with van der Waals surface area (Å²) in [6.07, 6.45) is 3.29. The van der Waals surface area contributed by atoms with Gasteiger partial charge >= 0.3 is 0 Å². The maximum absolute atomic E-state index is 5.78. The van der Waals surface area contributed by atoms with E-state index < -0.39 is 0 Å². The third-order valence-corrected chi connectivity index (χ3v) is 1.93. The van der Waals surface area contributed by atoms with Gasteiger partial charge < -0.3 is 5.73 Å². The number of nitrogen functional groups attached to an aromatic ring is 1. The summed E-state index contributed by atoms with van der Waals surface area (Å²) in [4.78, 5) is 8.12. The summed E-state index contributed by atoms with van der Waals surface area (Å²) < 4.78 is 1.71. The van der Waals surface area contributed by atoms with Crippen LogP contribution in [0.25, 0.3) is 5.69 Å². The lowest BCUT2D eigenvalue weighted by molar-refractivity contribution is 0.831. The number of rotatable bonds is 1. The minimum atomic E-state index is 0.598. The number of aryl methyl sites for hydroxylation is 2. The Balaban J connectivity index is 2.60. The average molecular weight is 189 g/mol. The second-order valence-corrected chi connectivity index (χ2v) is 3.05. The summed E-state index contributed by atoms with van der Waals surface area (Å²) in [6, 6.07) is 1.82. The summed E-state index contributed by atoms with van der Waals surface area (Å²) >= 11 is 0. The van der Waals surface area contributed by atoms with Crippen LogP contribution >= 0.6 is 0 Å². The molecule has 0 aromatic carbocycles. The number of aromatic nitrogens is 4. The van der Waals surface area contributed by atoms with Gasteiger partial charge in [-0.1, -0.05) is 0 Å². The van der Waals surface area contributed by atoms with Crippen LogP contribution in [0.3, 0.4) is 0 Å². The van der Waals surface area contributed by atoms with Crippen molar-refractivity contribution in [3.8, 4) is 5.69 Å². The Hall–Kier alpha value is -1.91. The highest BCUT2D eigenvalue weighted by molar-refractivity contribution is 5.55. The van der Waals surface area contributed by atoms with Crippen molar-refractivity contribution < 1.29 is 0 Å². The monoisotopic (exact) mass is 189 g/mol. The second kappa shape index (κ2) is 3.10. The first-order valence-corrected chi connectivity index (χ1v) is 4.28. The molecule has 0 saturated heterocycles. The Morgan fingerprint density at radius 3 is 2.71 bits per heavy atom. The van der Waals surface area contributed by atoms with Crippen molar-refractivity contribution in [2.75, 3.05) is 5.73 Å². The van der Waals surface area contributed by atoms with Crippen molar-refractivity contribution in [3.63, 3.8) is 0 Å². The van der Waals surface area contributed by atoms with Crippen LogP contribution in [0, 0.1) is 13.8 Å². The second-order valence-electron chi connectivity index (χ2n) is 3.05. The van der Waals surface area contributed by atoms with E-state index in [0.29, 0.717) is 5.69 Å². The van der Waals surface area contributed by atoms with E-state index in [-0.39, 0.29) is 0 Å². The first-order chi connectivity index (χ1) is 6.68. The van der Waals surface area contributed by atoms with Crippen LogP contribution in [0.15, 0.2) is 18.5 Å². The van der Waals surface area contributed by atoms with Crippen LogP contribution in [0.5, 0.6) is 0 Å². The van der Waals surface area contributed by atoms with Gasteiger partial charge in [0.1, 0.15) is 11.6 Å². The van der Waals surface area contributed by atoms with Gasteiger partial charge in [0.15, 0.2) is 0 Å². The van der Waals surface area contributed by atoms with Crippen LogP contribution in [-0.2, 0) is 0 Å². The van der Waals surface area contributed by atoms with Crippen molar-refractivity contribution in [1.82, 2.24) is 19.7 Å². The molecule has 2 heterocycles. The van der Waals surface area contributed by atoms with Gasteiger partial charge in [-0.25, -0.2) is 9.67 Å².